The number of hydrogen-bond donors (Lipinski definition) is 4. The molecule has 0 unspecified atom stereocenters. The van der Waals surface area contributed by atoms with Crippen molar-refractivity contribution in [3.8, 4) is 0 Å². The largest absolute Gasteiger partial charge is 0.394 e. The van der Waals surface area contributed by atoms with E-state index in [4.69, 9.17) is 5.11 Å². The van der Waals surface area contributed by atoms with Gasteiger partial charge in [0.25, 0.3) is 0 Å². The van der Waals surface area contributed by atoms with E-state index < -0.39 is 5.54 Å². The first-order valence-electron chi connectivity index (χ1n) is 5.66. The molecule has 0 spiro atoms. The van der Waals surface area contributed by atoms with E-state index in [-0.39, 0.29) is 19.8 Å². The number of aliphatic hydroxyl groups excluding tert-OH is 3. The molecule has 17 heavy (non-hydrogen) atoms. The third-order valence-electron chi connectivity index (χ3n) is 2.84. The van der Waals surface area contributed by atoms with Gasteiger partial charge in [0.05, 0.1) is 37.6 Å². The lowest BCUT2D eigenvalue weighted by molar-refractivity contribution is 0.0861. The zero-order valence-electron chi connectivity index (χ0n) is 10.0. The fourth-order valence-electron chi connectivity index (χ4n) is 1.42. The first-order valence-corrected chi connectivity index (χ1v) is 5.66. The highest BCUT2D eigenvalue weighted by molar-refractivity contribution is 4.95. The van der Waals surface area contributed by atoms with Crippen molar-refractivity contribution in [3.63, 3.8) is 0 Å². The molecule has 0 aliphatic rings. The van der Waals surface area contributed by atoms with Gasteiger partial charge in [0.1, 0.15) is 0 Å². The highest BCUT2D eigenvalue weighted by atomic mass is 16.3. The average Bonchev–Trinajstić information content (AvgIpc) is 2.80. The predicted octanol–water partition coefficient (Wildman–Crippen LogP) is -1.51. The van der Waals surface area contributed by atoms with Gasteiger partial charge in [-0.05, 0) is 6.42 Å². The molecular formula is C10H20N4O3. The van der Waals surface area contributed by atoms with Crippen LogP contribution in [0.2, 0.25) is 0 Å². The van der Waals surface area contributed by atoms with E-state index in [2.05, 4.69) is 15.6 Å². The molecule has 1 aromatic heterocycles. The summed E-state index contributed by atoms with van der Waals surface area (Å²) >= 11 is 0. The molecule has 1 rings (SSSR count). The summed E-state index contributed by atoms with van der Waals surface area (Å²) in [6.07, 6.45) is 2.34. The van der Waals surface area contributed by atoms with E-state index in [1.807, 2.05) is 6.92 Å². The van der Waals surface area contributed by atoms with E-state index in [0.717, 1.165) is 0 Å². The Hall–Kier alpha value is -1.02. The van der Waals surface area contributed by atoms with E-state index in [9.17, 15) is 10.2 Å². The fraction of sp³-hybridized carbons (Fsp3) is 0.800. The first kappa shape index (κ1) is 14.0. The number of aromatic nitrogens is 3. The quantitative estimate of drug-likeness (QED) is 0.443. The van der Waals surface area contributed by atoms with Gasteiger partial charge in [0, 0.05) is 12.7 Å². The van der Waals surface area contributed by atoms with Crippen molar-refractivity contribution in [2.45, 2.75) is 32.0 Å². The molecule has 0 fully saturated rings. The topological polar surface area (TPSA) is 103 Å². The van der Waals surface area contributed by atoms with Crippen molar-refractivity contribution in [3.05, 3.63) is 11.9 Å². The molecule has 0 bridgehead atoms. The molecule has 0 saturated carbocycles. The second-order valence-corrected chi connectivity index (χ2v) is 4.00. The smallest absolute Gasteiger partial charge is 0.0965 e. The summed E-state index contributed by atoms with van der Waals surface area (Å²) in [5, 5.41) is 38.0. The van der Waals surface area contributed by atoms with Crippen molar-refractivity contribution in [1.82, 2.24) is 20.3 Å². The molecule has 1 heterocycles. The average molecular weight is 244 g/mol. The Labute approximate surface area is 100 Å². The summed E-state index contributed by atoms with van der Waals surface area (Å²) in [5.41, 5.74) is 0.0268. The standard InChI is InChI=1S/C10H20N4O3/c1-2-10(7-16,8-17)11-5-9-6-14(3-4-15)13-12-9/h6,11,15-17H,2-5,7-8H2,1H3. The minimum absolute atomic E-state index is 0.0163. The number of aliphatic hydroxyl groups is 3. The van der Waals surface area contributed by atoms with E-state index in [1.54, 1.807) is 10.9 Å². The summed E-state index contributed by atoms with van der Waals surface area (Å²) < 4.78 is 1.54. The molecule has 0 radical (unpaired) electrons. The van der Waals surface area contributed by atoms with Gasteiger partial charge in [-0.15, -0.1) is 5.10 Å². The minimum Gasteiger partial charge on any atom is -0.394 e. The van der Waals surface area contributed by atoms with Gasteiger partial charge in [-0.2, -0.15) is 0 Å². The van der Waals surface area contributed by atoms with E-state index in [1.165, 1.54) is 0 Å². The molecule has 7 heteroatoms. The zero-order valence-corrected chi connectivity index (χ0v) is 10.0. The summed E-state index contributed by atoms with van der Waals surface area (Å²) in [4.78, 5) is 0. The normalized spacial score (nSPS) is 12.0. The fourth-order valence-corrected chi connectivity index (χ4v) is 1.42. The van der Waals surface area contributed by atoms with Gasteiger partial charge in [-0.1, -0.05) is 12.1 Å². The molecule has 0 aliphatic carbocycles. The van der Waals surface area contributed by atoms with Crippen molar-refractivity contribution >= 4 is 0 Å². The Balaban J connectivity index is 2.53. The number of hydrogen-bond acceptors (Lipinski definition) is 6. The van der Waals surface area contributed by atoms with E-state index >= 15 is 0 Å². The van der Waals surface area contributed by atoms with Crippen LogP contribution in [-0.2, 0) is 13.1 Å². The minimum atomic E-state index is -0.680. The Morgan fingerprint density at radius 2 is 2.06 bits per heavy atom. The lowest BCUT2D eigenvalue weighted by Crippen LogP contribution is -2.50. The number of nitrogens with zero attached hydrogens (tertiary/aromatic N) is 3. The Kier molecular flexibility index (Phi) is 5.49. The SMILES string of the molecule is CCC(CO)(CO)NCc1cn(CCO)nn1. The third-order valence-corrected chi connectivity index (χ3v) is 2.84. The molecule has 0 atom stereocenters. The predicted molar refractivity (Wildman–Crippen MR) is 61.1 cm³/mol. The molecular weight excluding hydrogens is 224 g/mol. The van der Waals surface area contributed by atoms with Crippen LogP contribution in [0.1, 0.15) is 19.0 Å². The summed E-state index contributed by atoms with van der Waals surface area (Å²) in [5.74, 6) is 0. The molecule has 7 nitrogen and oxygen atoms in total. The van der Waals surface area contributed by atoms with Crippen LogP contribution in [0, 0.1) is 0 Å². The zero-order chi connectivity index (χ0) is 12.7. The lowest BCUT2D eigenvalue weighted by atomic mass is 9.98. The molecule has 98 valence electrons. The molecule has 0 saturated heterocycles. The Morgan fingerprint density at radius 1 is 1.35 bits per heavy atom. The van der Waals surface area contributed by atoms with Gasteiger partial charge in [-0.3, -0.25) is 0 Å². The van der Waals surface area contributed by atoms with Crippen molar-refractivity contribution in [2.24, 2.45) is 0 Å². The van der Waals surface area contributed by atoms with Crippen LogP contribution >= 0.6 is 0 Å². The van der Waals surface area contributed by atoms with Crippen molar-refractivity contribution < 1.29 is 15.3 Å². The monoisotopic (exact) mass is 244 g/mol. The van der Waals surface area contributed by atoms with Crippen LogP contribution < -0.4 is 5.32 Å². The van der Waals surface area contributed by atoms with E-state index in [0.29, 0.717) is 25.2 Å². The van der Waals surface area contributed by atoms with Crippen LogP contribution in [0.4, 0.5) is 0 Å². The second-order valence-electron chi connectivity index (χ2n) is 4.00. The molecule has 0 amide bonds. The van der Waals surface area contributed by atoms with Crippen molar-refractivity contribution in [1.29, 1.82) is 0 Å². The van der Waals surface area contributed by atoms with Crippen LogP contribution in [-0.4, -0.2) is 55.7 Å². The maximum absolute atomic E-state index is 9.25. The van der Waals surface area contributed by atoms with Crippen molar-refractivity contribution in [2.75, 3.05) is 19.8 Å². The third kappa shape index (κ3) is 3.74. The number of nitrogens with one attached hydrogen (secondary N) is 1. The van der Waals surface area contributed by atoms with Gasteiger partial charge < -0.3 is 20.6 Å². The molecule has 0 aliphatic heterocycles. The Morgan fingerprint density at radius 3 is 2.59 bits per heavy atom. The molecule has 1 aromatic rings. The molecule has 4 N–H and O–H groups in total. The van der Waals surface area contributed by atoms with Gasteiger partial charge >= 0.3 is 0 Å². The highest BCUT2D eigenvalue weighted by Gasteiger charge is 2.25. The summed E-state index contributed by atoms with van der Waals surface area (Å²) in [6, 6.07) is 0. The summed E-state index contributed by atoms with van der Waals surface area (Å²) in [6.45, 7) is 2.46. The van der Waals surface area contributed by atoms with Gasteiger partial charge in [0.2, 0.25) is 0 Å². The first-order chi connectivity index (χ1) is 8.19. The van der Waals surface area contributed by atoms with Gasteiger partial charge in [-0.25, -0.2) is 4.68 Å². The van der Waals surface area contributed by atoms with Crippen LogP contribution in [0.25, 0.3) is 0 Å². The highest BCUT2D eigenvalue weighted by Crippen LogP contribution is 2.09. The summed E-state index contributed by atoms with van der Waals surface area (Å²) in [7, 11) is 0. The maximum Gasteiger partial charge on any atom is 0.0965 e. The molecule has 0 aromatic carbocycles. The Bertz CT molecular complexity index is 317. The maximum atomic E-state index is 9.25. The lowest BCUT2D eigenvalue weighted by Gasteiger charge is -2.29. The van der Waals surface area contributed by atoms with Crippen LogP contribution in [0.5, 0.6) is 0 Å². The number of rotatable bonds is 8. The second kappa shape index (κ2) is 6.65. The van der Waals surface area contributed by atoms with Gasteiger partial charge in [0.15, 0.2) is 0 Å². The van der Waals surface area contributed by atoms with Crippen LogP contribution in [0.3, 0.4) is 0 Å². The van der Waals surface area contributed by atoms with Crippen LogP contribution in [0.15, 0.2) is 6.20 Å².